The Morgan fingerprint density at radius 2 is 1.73 bits per heavy atom. The van der Waals surface area contributed by atoms with Gasteiger partial charge in [0.15, 0.2) is 27.3 Å². The second-order valence-corrected chi connectivity index (χ2v) is 12.1. The van der Waals surface area contributed by atoms with Crippen LogP contribution in [0, 0.1) is 29.3 Å². The lowest BCUT2D eigenvalue weighted by Gasteiger charge is -2.42. The fourth-order valence-corrected chi connectivity index (χ4v) is 7.75. The Hall–Kier alpha value is -2.18. The van der Waals surface area contributed by atoms with Crippen LogP contribution in [0.1, 0.15) is 36.0 Å². The molecule has 37 heavy (non-hydrogen) atoms. The summed E-state index contributed by atoms with van der Waals surface area (Å²) in [6.07, 6.45) is 1.76. The summed E-state index contributed by atoms with van der Waals surface area (Å²) in [5.41, 5.74) is -1.57. The van der Waals surface area contributed by atoms with Crippen molar-refractivity contribution in [3.05, 3.63) is 58.4 Å². The fourth-order valence-electron chi connectivity index (χ4n) is 5.35. The molecule has 4 rings (SSSR count). The van der Waals surface area contributed by atoms with Gasteiger partial charge in [-0.25, -0.2) is 21.6 Å². The normalized spacial score (nSPS) is 25.3. The van der Waals surface area contributed by atoms with Gasteiger partial charge in [0.2, 0.25) is 0 Å². The number of hydrogen-bond acceptors (Lipinski definition) is 6. The highest BCUT2D eigenvalue weighted by Crippen LogP contribution is 2.52. The van der Waals surface area contributed by atoms with Crippen molar-refractivity contribution in [1.29, 1.82) is 0 Å². The van der Waals surface area contributed by atoms with Crippen molar-refractivity contribution in [1.82, 2.24) is 0 Å². The van der Waals surface area contributed by atoms with Gasteiger partial charge in [0.25, 0.3) is 5.91 Å². The predicted octanol–water partition coefficient (Wildman–Crippen LogP) is 4.37. The highest BCUT2D eigenvalue weighted by molar-refractivity contribution is 7.92. The van der Waals surface area contributed by atoms with Crippen molar-refractivity contribution in [2.45, 2.75) is 41.4 Å². The lowest BCUT2D eigenvalue weighted by atomic mass is 9.75. The highest BCUT2D eigenvalue weighted by Gasteiger charge is 2.55. The van der Waals surface area contributed by atoms with E-state index in [1.807, 2.05) is 0 Å². The molecule has 202 valence electrons. The summed E-state index contributed by atoms with van der Waals surface area (Å²) in [5.74, 6) is -6.04. The minimum absolute atomic E-state index is 0.0773. The van der Waals surface area contributed by atoms with Crippen LogP contribution >= 0.6 is 11.6 Å². The number of methoxy groups -OCH3 is 1. The molecule has 1 amide bonds. The molecule has 2 bridgehead atoms. The zero-order chi connectivity index (χ0) is 27.0. The number of aliphatic hydroxyl groups is 1. The van der Waals surface area contributed by atoms with E-state index in [1.165, 1.54) is 12.1 Å². The molecule has 0 heterocycles. The van der Waals surface area contributed by atoms with Crippen LogP contribution in [0.4, 0.5) is 18.9 Å². The van der Waals surface area contributed by atoms with E-state index in [-0.39, 0.29) is 52.5 Å². The SMILES string of the molecule is COCCOC[C@@]1(O)C2CC[C@H]1C[C@H](S(=O)(=O)c1cc(C(=O)Nc3cc(F)c(F)c(F)c3)ccc1Cl)C2. The monoisotopic (exact) mass is 561 g/mol. The number of benzene rings is 2. The number of anilines is 1. The minimum Gasteiger partial charge on any atom is -0.387 e. The number of halogens is 4. The van der Waals surface area contributed by atoms with Crippen molar-refractivity contribution >= 4 is 33.0 Å². The lowest BCUT2D eigenvalue weighted by Crippen LogP contribution is -2.51. The Kier molecular flexibility index (Phi) is 8.20. The van der Waals surface area contributed by atoms with Crippen molar-refractivity contribution in [3.8, 4) is 0 Å². The predicted molar refractivity (Wildman–Crippen MR) is 130 cm³/mol. The van der Waals surface area contributed by atoms with Crippen molar-refractivity contribution in [2.24, 2.45) is 11.8 Å². The molecule has 0 radical (unpaired) electrons. The van der Waals surface area contributed by atoms with Gasteiger partial charge in [-0.3, -0.25) is 4.79 Å². The molecule has 12 heteroatoms. The average Bonchev–Trinajstić information content (AvgIpc) is 3.00. The maximum atomic E-state index is 13.6. The third-order valence-corrected chi connectivity index (χ3v) is 9.97. The minimum atomic E-state index is -4.00. The quantitative estimate of drug-likeness (QED) is 0.348. The second-order valence-electron chi connectivity index (χ2n) is 9.50. The van der Waals surface area contributed by atoms with Crippen LogP contribution in [0.15, 0.2) is 35.2 Å². The molecule has 1 unspecified atom stereocenters. The zero-order valence-corrected chi connectivity index (χ0v) is 21.5. The van der Waals surface area contributed by atoms with Crippen LogP contribution < -0.4 is 5.32 Å². The summed E-state index contributed by atoms with van der Waals surface area (Å²) in [6, 6.07) is 4.86. The molecular formula is C25H27ClF3NO6S. The maximum Gasteiger partial charge on any atom is 0.255 e. The van der Waals surface area contributed by atoms with E-state index in [9.17, 15) is 31.5 Å². The van der Waals surface area contributed by atoms with Gasteiger partial charge >= 0.3 is 0 Å². The number of hydrogen-bond donors (Lipinski definition) is 2. The number of fused-ring (bicyclic) bond motifs is 2. The molecule has 2 saturated carbocycles. The van der Waals surface area contributed by atoms with Gasteiger partial charge in [0.05, 0.1) is 40.6 Å². The van der Waals surface area contributed by atoms with Crippen LogP contribution in [-0.4, -0.2) is 57.2 Å². The topological polar surface area (TPSA) is 102 Å². The van der Waals surface area contributed by atoms with Crippen molar-refractivity contribution < 1.29 is 41.0 Å². The summed E-state index contributed by atoms with van der Waals surface area (Å²) < 4.78 is 78.0. The first-order valence-corrected chi connectivity index (χ1v) is 13.7. The number of amides is 1. The number of sulfone groups is 1. The molecule has 0 saturated heterocycles. The van der Waals surface area contributed by atoms with Gasteiger partial charge in [0, 0.05) is 30.5 Å². The molecule has 2 fully saturated rings. The van der Waals surface area contributed by atoms with Crippen LogP contribution in [0.2, 0.25) is 5.02 Å². The average molecular weight is 562 g/mol. The Morgan fingerprint density at radius 1 is 1.11 bits per heavy atom. The molecule has 7 nitrogen and oxygen atoms in total. The lowest BCUT2D eigenvalue weighted by molar-refractivity contribution is -0.117. The van der Waals surface area contributed by atoms with Crippen LogP contribution in [0.5, 0.6) is 0 Å². The Morgan fingerprint density at radius 3 is 2.32 bits per heavy atom. The molecule has 2 aromatic rings. The Labute approximate surface area is 217 Å². The Bertz CT molecular complexity index is 1250. The van der Waals surface area contributed by atoms with Crippen molar-refractivity contribution in [2.75, 3.05) is 32.2 Å². The number of rotatable bonds is 9. The number of carbonyl (C=O) groups excluding carboxylic acids is 1. The largest absolute Gasteiger partial charge is 0.387 e. The van der Waals surface area contributed by atoms with Gasteiger partial charge in [-0.1, -0.05) is 11.6 Å². The molecule has 2 aliphatic rings. The second kappa shape index (κ2) is 10.9. The maximum absolute atomic E-state index is 13.6. The van der Waals surface area contributed by atoms with Crippen LogP contribution in [-0.2, 0) is 19.3 Å². The van der Waals surface area contributed by atoms with Crippen molar-refractivity contribution in [3.63, 3.8) is 0 Å². The van der Waals surface area contributed by atoms with Crippen LogP contribution in [0.3, 0.4) is 0 Å². The summed E-state index contributed by atoms with van der Waals surface area (Å²) in [5, 5.41) is 12.6. The molecule has 4 atom stereocenters. The molecule has 0 aliphatic heterocycles. The van der Waals surface area contributed by atoms with Gasteiger partial charge in [-0.05, 0) is 55.7 Å². The molecule has 2 N–H and O–H groups in total. The Balaban J connectivity index is 1.53. The van der Waals surface area contributed by atoms with E-state index in [2.05, 4.69) is 5.32 Å². The first-order chi connectivity index (χ1) is 17.5. The first-order valence-electron chi connectivity index (χ1n) is 11.8. The van der Waals surface area contributed by atoms with E-state index in [1.54, 1.807) is 7.11 Å². The standard InChI is InChI=1S/C25H27ClF3NO6S/c1-35-6-7-36-13-25(32)15-3-4-16(25)10-18(9-15)37(33,34)22-8-14(2-5-19(22)26)24(31)30-17-11-20(27)23(29)21(28)12-17/h2,5,8,11-12,15-16,18,32H,3-4,6-7,9-10,13H2,1H3,(H,30,31)/t15-,16?,18-,25-/m0/s1. The summed E-state index contributed by atoms with van der Waals surface area (Å²) in [4.78, 5) is 12.4. The van der Waals surface area contributed by atoms with Gasteiger partial charge in [-0.2, -0.15) is 0 Å². The number of carbonyl (C=O) groups is 1. The first kappa shape index (κ1) is 27.8. The molecular weight excluding hydrogens is 535 g/mol. The molecule has 2 aromatic carbocycles. The van der Waals surface area contributed by atoms with E-state index in [0.29, 0.717) is 38.2 Å². The third-order valence-electron chi connectivity index (χ3n) is 7.32. The molecule has 0 aromatic heterocycles. The highest BCUT2D eigenvalue weighted by atomic mass is 35.5. The van der Waals surface area contributed by atoms with E-state index in [4.69, 9.17) is 21.1 Å². The van der Waals surface area contributed by atoms with Gasteiger partial charge < -0.3 is 19.9 Å². The van der Waals surface area contributed by atoms with Crippen LogP contribution in [0.25, 0.3) is 0 Å². The van der Waals surface area contributed by atoms with E-state index < -0.39 is 44.0 Å². The van der Waals surface area contributed by atoms with E-state index >= 15 is 0 Å². The number of ether oxygens (including phenoxy) is 2. The summed E-state index contributed by atoms with van der Waals surface area (Å²) in [6.45, 7) is 0.803. The van der Waals surface area contributed by atoms with Gasteiger partial charge in [-0.15, -0.1) is 0 Å². The molecule has 2 aliphatic carbocycles. The van der Waals surface area contributed by atoms with Gasteiger partial charge in [0.1, 0.15) is 0 Å². The molecule has 0 spiro atoms. The summed E-state index contributed by atoms with van der Waals surface area (Å²) >= 11 is 6.23. The third kappa shape index (κ3) is 5.51. The number of nitrogens with one attached hydrogen (secondary N) is 1. The summed E-state index contributed by atoms with van der Waals surface area (Å²) in [7, 11) is -2.45. The smallest absolute Gasteiger partial charge is 0.255 e. The fraction of sp³-hybridized carbons (Fsp3) is 0.480. The van der Waals surface area contributed by atoms with E-state index in [0.717, 1.165) is 6.07 Å². The zero-order valence-electron chi connectivity index (χ0n) is 20.0.